The molecule has 1 rings (SSSR count). The first-order valence-electron chi connectivity index (χ1n) is 8.43. The van der Waals surface area contributed by atoms with Crippen molar-refractivity contribution in [3.05, 3.63) is 0 Å². The monoisotopic (exact) mass is 440 g/mol. The molecule has 1 saturated heterocycles. The smallest absolute Gasteiger partial charge is 0.191 e. The molecule has 6 heteroatoms. The van der Waals surface area contributed by atoms with E-state index in [1.165, 1.54) is 0 Å². The summed E-state index contributed by atoms with van der Waals surface area (Å²) in [7, 11) is 3.60. The van der Waals surface area contributed by atoms with Crippen LogP contribution in [0.15, 0.2) is 4.99 Å². The first-order valence-corrected chi connectivity index (χ1v) is 8.43. The highest BCUT2D eigenvalue weighted by molar-refractivity contribution is 14.0. The highest BCUT2D eigenvalue weighted by Crippen LogP contribution is 2.21. The molecule has 1 aliphatic heterocycles. The summed E-state index contributed by atoms with van der Waals surface area (Å²) in [4.78, 5) is 6.88. The second-order valence-electron chi connectivity index (χ2n) is 7.82. The molecule has 1 aliphatic rings. The first-order chi connectivity index (χ1) is 10.2. The number of halogens is 1. The van der Waals surface area contributed by atoms with E-state index >= 15 is 0 Å². The van der Waals surface area contributed by atoms with Crippen LogP contribution in [-0.4, -0.2) is 62.8 Å². The molecule has 0 amide bonds. The van der Waals surface area contributed by atoms with Crippen molar-refractivity contribution in [1.29, 1.82) is 0 Å². The van der Waals surface area contributed by atoms with Gasteiger partial charge in [-0.2, -0.15) is 0 Å². The predicted octanol–water partition coefficient (Wildman–Crippen LogP) is 2.56. The number of guanidine groups is 1. The van der Waals surface area contributed by atoms with Gasteiger partial charge in [-0.05, 0) is 25.2 Å². The summed E-state index contributed by atoms with van der Waals surface area (Å²) < 4.78 is 5.60. The molecule has 2 N–H and O–H groups in total. The molecule has 5 nitrogen and oxygen atoms in total. The third-order valence-corrected chi connectivity index (χ3v) is 4.62. The summed E-state index contributed by atoms with van der Waals surface area (Å²) in [5.74, 6) is 1.50. The Morgan fingerprint density at radius 1 is 1.30 bits per heavy atom. The van der Waals surface area contributed by atoms with Gasteiger partial charge in [0.25, 0.3) is 0 Å². The summed E-state index contributed by atoms with van der Waals surface area (Å²) in [5, 5.41) is 6.99. The fraction of sp³-hybridized carbons (Fsp3) is 0.941. The highest BCUT2D eigenvalue weighted by Gasteiger charge is 2.31. The van der Waals surface area contributed by atoms with Crippen molar-refractivity contribution in [2.45, 2.75) is 59.7 Å². The zero-order chi connectivity index (χ0) is 16.9. The molecule has 0 radical (unpaired) electrons. The maximum absolute atomic E-state index is 5.60. The second-order valence-corrected chi connectivity index (χ2v) is 7.82. The molecule has 0 aromatic heterocycles. The summed E-state index contributed by atoms with van der Waals surface area (Å²) in [6.45, 7) is 16.4. The Bertz CT molecular complexity index is 368. The van der Waals surface area contributed by atoms with Gasteiger partial charge in [0.1, 0.15) is 0 Å². The van der Waals surface area contributed by atoms with Gasteiger partial charge in [-0.15, -0.1) is 24.0 Å². The normalized spacial score (nSPS) is 24.5. The molecule has 0 saturated carbocycles. The van der Waals surface area contributed by atoms with E-state index in [2.05, 4.69) is 62.1 Å². The largest absolute Gasteiger partial charge is 0.379 e. The fourth-order valence-electron chi connectivity index (χ4n) is 2.92. The van der Waals surface area contributed by atoms with Gasteiger partial charge >= 0.3 is 0 Å². The fourth-order valence-corrected chi connectivity index (χ4v) is 2.92. The van der Waals surface area contributed by atoms with Crippen LogP contribution in [0.2, 0.25) is 0 Å². The van der Waals surface area contributed by atoms with E-state index in [1.807, 2.05) is 7.05 Å². The molecule has 3 unspecified atom stereocenters. The first kappa shape index (κ1) is 22.9. The van der Waals surface area contributed by atoms with Crippen LogP contribution in [0.5, 0.6) is 0 Å². The molecule has 0 aromatic carbocycles. The van der Waals surface area contributed by atoms with Crippen molar-refractivity contribution in [3.63, 3.8) is 0 Å². The lowest BCUT2D eigenvalue weighted by atomic mass is 9.89. The molecular formula is C17H37IN4O. The second kappa shape index (κ2) is 10.0. The highest BCUT2D eigenvalue weighted by atomic mass is 127. The van der Waals surface area contributed by atoms with Crippen LogP contribution >= 0.6 is 24.0 Å². The van der Waals surface area contributed by atoms with Crippen molar-refractivity contribution in [2.24, 2.45) is 16.3 Å². The Morgan fingerprint density at radius 2 is 1.91 bits per heavy atom. The number of hydrogen-bond acceptors (Lipinski definition) is 3. The Morgan fingerprint density at radius 3 is 2.30 bits per heavy atom. The van der Waals surface area contributed by atoms with E-state index < -0.39 is 0 Å². The Hall–Kier alpha value is -0.0800. The lowest BCUT2D eigenvalue weighted by molar-refractivity contribution is 0.0205. The van der Waals surface area contributed by atoms with Crippen LogP contribution < -0.4 is 10.6 Å². The van der Waals surface area contributed by atoms with Crippen LogP contribution in [0.4, 0.5) is 0 Å². The molecule has 138 valence electrons. The number of aliphatic imine (C=N–C) groups is 1. The Balaban J connectivity index is 0.00000484. The van der Waals surface area contributed by atoms with Crippen LogP contribution in [0.3, 0.4) is 0 Å². The van der Waals surface area contributed by atoms with Crippen LogP contribution in [0.1, 0.15) is 41.5 Å². The van der Waals surface area contributed by atoms with E-state index in [1.54, 1.807) is 7.11 Å². The van der Waals surface area contributed by atoms with Crippen molar-refractivity contribution < 1.29 is 4.74 Å². The maximum atomic E-state index is 5.60. The Kier molecular flexibility index (Phi) is 10.00. The molecule has 0 bridgehead atoms. The number of nitrogens with zero attached hydrogens (tertiary/aromatic N) is 2. The van der Waals surface area contributed by atoms with Crippen molar-refractivity contribution in [3.8, 4) is 0 Å². The van der Waals surface area contributed by atoms with E-state index in [0.29, 0.717) is 18.0 Å². The van der Waals surface area contributed by atoms with Gasteiger partial charge in [-0.25, -0.2) is 0 Å². The standard InChI is InChI=1S/C17H36N4O.HI/c1-12(2)21-10-13(3)14(11-21)20-16(18-7)19-9-15(22-8)17(4,5)6;/h12-15H,9-11H2,1-8H3,(H2,18,19,20);1H. The van der Waals surface area contributed by atoms with Gasteiger partial charge in [-0.1, -0.05) is 27.7 Å². The number of methoxy groups -OCH3 is 1. The molecule has 1 heterocycles. The van der Waals surface area contributed by atoms with Crippen LogP contribution in [-0.2, 0) is 4.74 Å². The number of rotatable bonds is 5. The zero-order valence-corrected chi connectivity index (χ0v) is 18.5. The third kappa shape index (κ3) is 7.13. The Labute approximate surface area is 160 Å². The number of hydrogen-bond donors (Lipinski definition) is 2. The minimum atomic E-state index is 0. The molecule has 1 fully saturated rings. The van der Waals surface area contributed by atoms with Crippen LogP contribution in [0, 0.1) is 11.3 Å². The van der Waals surface area contributed by atoms with E-state index in [-0.39, 0.29) is 35.5 Å². The number of likely N-dealkylation sites (tertiary alicyclic amines) is 1. The average molecular weight is 440 g/mol. The van der Waals surface area contributed by atoms with Gasteiger partial charge in [0, 0.05) is 45.9 Å². The number of ether oxygens (including phenoxy) is 1. The van der Waals surface area contributed by atoms with E-state index in [0.717, 1.165) is 25.6 Å². The lowest BCUT2D eigenvalue weighted by Gasteiger charge is -2.30. The van der Waals surface area contributed by atoms with Gasteiger partial charge in [0.15, 0.2) is 5.96 Å². The van der Waals surface area contributed by atoms with Gasteiger partial charge in [0.2, 0.25) is 0 Å². The van der Waals surface area contributed by atoms with Gasteiger partial charge < -0.3 is 15.4 Å². The maximum Gasteiger partial charge on any atom is 0.191 e. The predicted molar refractivity (Wildman–Crippen MR) is 110 cm³/mol. The third-order valence-electron chi connectivity index (χ3n) is 4.62. The molecule has 0 aliphatic carbocycles. The van der Waals surface area contributed by atoms with Crippen molar-refractivity contribution in [2.75, 3.05) is 33.8 Å². The van der Waals surface area contributed by atoms with Crippen molar-refractivity contribution in [1.82, 2.24) is 15.5 Å². The SMILES string of the molecule is CN=C(NCC(OC)C(C)(C)C)NC1CN(C(C)C)CC1C.I. The quantitative estimate of drug-likeness (QED) is 0.392. The van der Waals surface area contributed by atoms with Gasteiger partial charge in [0.05, 0.1) is 6.10 Å². The minimum Gasteiger partial charge on any atom is -0.379 e. The topological polar surface area (TPSA) is 48.9 Å². The zero-order valence-electron chi connectivity index (χ0n) is 16.1. The minimum absolute atomic E-state index is 0. The van der Waals surface area contributed by atoms with Crippen molar-refractivity contribution >= 4 is 29.9 Å². The molecule has 23 heavy (non-hydrogen) atoms. The summed E-state index contributed by atoms with van der Waals surface area (Å²) in [6.07, 6.45) is 0.152. The van der Waals surface area contributed by atoms with E-state index in [9.17, 15) is 0 Å². The molecular weight excluding hydrogens is 403 g/mol. The lowest BCUT2D eigenvalue weighted by Crippen LogP contribution is -2.50. The summed E-state index contributed by atoms with van der Waals surface area (Å²) in [6, 6.07) is 1.05. The summed E-state index contributed by atoms with van der Waals surface area (Å²) in [5.41, 5.74) is 0.107. The average Bonchev–Trinajstić information content (AvgIpc) is 2.78. The molecule has 3 atom stereocenters. The molecule has 0 spiro atoms. The molecule has 0 aromatic rings. The van der Waals surface area contributed by atoms with Gasteiger partial charge in [-0.3, -0.25) is 9.89 Å². The van der Waals surface area contributed by atoms with Crippen LogP contribution in [0.25, 0.3) is 0 Å². The number of nitrogens with one attached hydrogen (secondary N) is 2. The summed E-state index contributed by atoms with van der Waals surface area (Å²) >= 11 is 0. The van der Waals surface area contributed by atoms with E-state index in [4.69, 9.17) is 4.74 Å².